The van der Waals surface area contributed by atoms with Gasteiger partial charge in [-0.2, -0.15) is 0 Å². The molecular formula is C24H30ClN3O6S. The third kappa shape index (κ3) is 6.37. The highest BCUT2D eigenvalue weighted by atomic mass is 35.5. The lowest BCUT2D eigenvalue weighted by Crippen LogP contribution is -2.51. The minimum atomic E-state index is -3.84. The Labute approximate surface area is 211 Å². The number of hydrogen-bond acceptors (Lipinski definition) is 6. The van der Waals surface area contributed by atoms with Crippen LogP contribution >= 0.6 is 11.6 Å². The molecule has 1 aliphatic heterocycles. The fraction of sp³-hybridized carbons (Fsp3) is 0.417. The summed E-state index contributed by atoms with van der Waals surface area (Å²) in [5.41, 5.74) is 0.913. The Kier molecular flexibility index (Phi) is 8.85. The van der Waals surface area contributed by atoms with E-state index in [1.54, 1.807) is 56.3 Å². The number of rotatable bonds is 10. The number of likely N-dealkylation sites (N-methyl/N-ethyl adjacent to an activating group) is 1. The van der Waals surface area contributed by atoms with E-state index >= 15 is 0 Å². The second-order valence-electron chi connectivity index (χ2n) is 7.92. The number of nitrogens with one attached hydrogen (secondary N) is 1. The predicted octanol–water partition coefficient (Wildman–Crippen LogP) is 2.82. The van der Waals surface area contributed by atoms with E-state index in [0.29, 0.717) is 41.8 Å². The number of sulfonamides is 1. The maximum absolute atomic E-state index is 13.6. The van der Waals surface area contributed by atoms with Crippen molar-refractivity contribution in [1.82, 2.24) is 10.2 Å². The van der Waals surface area contributed by atoms with Crippen molar-refractivity contribution in [3.05, 3.63) is 53.1 Å². The fourth-order valence-corrected chi connectivity index (χ4v) is 4.87. The van der Waals surface area contributed by atoms with E-state index in [4.69, 9.17) is 21.1 Å². The number of anilines is 1. The summed E-state index contributed by atoms with van der Waals surface area (Å²) in [6.07, 6.45) is 0. The summed E-state index contributed by atoms with van der Waals surface area (Å²) in [4.78, 5) is 27.6. The van der Waals surface area contributed by atoms with Crippen LogP contribution in [0.5, 0.6) is 11.5 Å². The maximum atomic E-state index is 13.6. The van der Waals surface area contributed by atoms with Crippen molar-refractivity contribution in [3.63, 3.8) is 0 Å². The van der Waals surface area contributed by atoms with Gasteiger partial charge in [0.2, 0.25) is 21.8 Å². The van der Waals surface area contributed by atoms with Crippen molar-refractivity contribution in [3.8, 4) is 11.5 Å². The first-order valence-corrected chi connectivity index (χ1v) is 13.4. The van der Waals surface area contributed by atoms with E-state index in [2.05, 4.69) is 5.32 Å². The molecule has 9 nitrogen and oxygen atoms in total. The smallest absolute Gasteiger partial charge is 0.244 e. The summed E-state index contributed by atoms with van der Waals surface area (Å²) >= 11 is 6.31. The zero-order chi connectivity index (χ0) is 25.6. The maximum Gasteiger partial charge on any atom is 0.244 e. The highest BCUT2D eigenvalue weighted by Crippen LogP contribution is 2.35. The minimum absolute atomic E-state index is 0.0396. The molecule has 0 spiro atoms. The summed E-state index contributed by atoms with van der Waals surface area (Å²) in [6.45, 7) is 5.56. The van der Waals surface area contributed by atoms with Gasteiger partial charge in [-0.25, -0.2) is 8.42 Å². The van der Waals surface area contributed by atoms with Crippen LogP contribution in [0.2, 0.25) is 5.02 Å². The van der Waals surface area contributed by atoms with E-state index < -0.39 is 28.5 Å². The molecule has 3 rings (SSSR count). The number of amides is 2. The second kappa shape index (κ2) is 11.6. The molecule has 0 bridgehead atoms. The molecule has 0 aromatic heterocycles. The minimum Gasteiger partial charge on any atom is -0.486 e. The average molecular weight is 524 g/mol. The predicted molar refractivity (Wildman–Crippen MR) is 134 cm³/mol. The molecule has 1 N–H and O–H groups in total. The summed E-state index contributed by atoms with van der Waals surface area (Å²) in [7, 11) is -3.84. The number of nitrogens with zero attached hydrogens (tertiary/aromatic N) is 2. The Balaban J connectivity index is 1.96. The van der Waals surface area contributed by atoms with Crippen LogP contribution in [0.4, 0.5) is 5.69 Å². The van der Waals surface area contributed by atoms with Crippen LogP contribution in [0.1, 0.15) is 26.3 Å². The molecule has 0 saturated heterocycles. The Hall–Kier alpha value is -2.98. The van der Waals surface area contributed by atoms with Gasteiger partial charge in [0.25, 0.3) is 0 Å². The molecule has 0 radical (unpaired) electrons. The second-order valence-corrected chi connectivity index (χ2v) is 10.5. The number of carbonyl (C=O) groups excluding carboxylic acids is 2. The van der Waals surface area contributed by atoms with Crippen molar-refractivity contribution >= 4 is 39.1 Å². The zero-order valence-corrected chi connectivity index (χ0v) is 21.6. The van der Waals surface area contributed by atoms with E-state index in [9.17, 15) is 18.0 Å². The molecule has 1 aliphatic rings. The first-order valence-electron chi connectivity index (χ1n) is 11.4. The molecule has 1 unspecified atom stereocenters. The van der Waals surface area contributed by atoms with Crippen molar-refractivity contribution in [2.75, 3.05) is 36.4 Å². The van der Waals surface area contributed by atoms with Gasteiger partial charge in [-0.05, 0) is 44.5 Å². The van der Waals surface area contributed by atoms with E-state index in [0.717, 1.165) is 4.31 Å². The molecule has 0 aliphatic carbocycles. The molecule has 2 aromatic rings. The molecule has 1 heterocycles. The Morgan fingerprint density at radius 2 is 1.77 bits per heavy atom. The number of hydrogen-bond donors (Lipinski definition) is 1. The number of carbonyl (C=O) groups is 2. The van der Waals surface area contributed by atoms with Gasteiger partial charge in [0.05, 0.1) is 11.4 Å². The topological polar surface area (TPSA) is 105 Å². The first kappa shape index (κ1) is 26.6. The zero-order valence-electron chi connectivity index (χ0n) is 20.0. The van der Waals surface area contributed by atoms with Gasteiger partial charge in [-0.1, -0.05) is 29.8 Å². The van der Waals surface area contributed by atoms with Crippen LogP contribution in [0.25, 0.3) is 0 Å². The number of ether oxygens (including phenoxy) is 2. The number of fused-ring (bicyclic) bond motifs is 1. The monoisotopic (exact) mass is 523 g/mol. The normalized spacial score (nSPS) is 13.6. The van der Waals surface area contributed by atoms with Crippen molar-refractivity contribution in [2.45, 2.75) is 33.4 Å². The van der Waals surface area contributed by atoms with Crippen LogP contribution < -0.4 is 19.1 Å². The van der Waals surface area contributed by atoms with Gasteiger partial charge in [0, 0.05) is 24.2 Å². The average Bonchev–Trinajstić information content (AvgIpc) is 2.86. The van der Waals surface area contributed by atoms with Gasteiger partial charge >= 0.3 is 0 Å². The Morgan fingerprint density at radius 3 is 2.43 bits per heavy atom. The largest absolute Gasteiger partial charge is 0.486 e. The van der Waals surface area contributed by atoms with Crippen LogP contribution in [-0.4, -0.2) is 63.2 Å². The highest BCUT2D eigenvalue weighted by molar-refractivity contribution is 7.92. The van der Waals surface area contributed by atoms with Gasteiger partial charge in [0.1, 0.15) is 25.8 Å². The highest BCUT2D eigenvalue weighted by Gasteiger charge is 2.31. The van der Waals surface area contributed by atoms with Crippen molar-refractivity contribution in [1.29, 1.82) is 0 Å². The van der Waals surface area contributed by atoms with E-state index in [1.807, 2.05) is 0 Å². The summed E-state index contributed by atoms with van der Waals surface area (Å²) < 4.78 is 38.2. The fourth-order valence-electron chi connectivity index (χ4n) is 3.62. The van der Waals surface area contributed by atoms with Crippen molar-refractivity contribution < 1.29 is 27.5 Å². The van der Waals surface area contributed by atoms with E-state index in [-0.39, 0.29) is 23.9 Å². The molecule has 1 atom stereocenters. The van der Waals surface area contributed by atoms with Gasteiger partial charge in [-0.15, -0.1) is 0 Å². The SMILES string of the molecule is CCNC(=O)C(C)N(Cc1ccccc1Cl)C(=O)CN(c1ccc2c(c1)OCCO2)S(=O)(=O)CC. The van der Waals surface area contributed by atoms with E-state index in [1.165, 1.54) is 11.8 Å². The molecule has 2 amide bonds. The quantitative estimate of drug-likeness (QED) is 0.513. The molecule has 35 heavy (non-hydrogen) atoms. The summed E-state index contributed by atoms with van der Waals surface area (Å²) in [5, 5.41) is 3.16. The number of halogens is 1. The van der Waals surface area contributed by atoms with Crippen LogP contribution in [0.3, 0.4) is 0 Å². The lowest BCUT2D eigenvalue weighted by Gasteiger charge is -2.32. The lowest BCUT2D eigenvalue weighted by atomic mass is 10.1. The standard InChI is InChI=1S/C24H30ClN3O6S/c1-4-26-24(30)17(3)27(15-18-8-6-7-9-20(18)25)23(29)16-28(35(31,32)5-2)19-10-11-21-22(14-19)34-13-12-33-21/h6-11,14,17H,4-5,12-13,15-16H2,1-3H3,(H,26,30). The van der Waals surface area contributed by atoms with Crippen LogP contribution in [0.15, 0.2) is 42.5 Å². The molecule has 11 heteroatoms. The third-order valence-electron chi connectivity index (χ3n) is 5.61. The molecule has 2 aromatic carbocycles. The Morgan fingerprint density at radius 1 is 1.09 bits per heavy atom. The first-order chi connectivity index (χ1) is 16.7. The third-order valence-corrected chi connectivity index (χ3v) is 7.72. The van der Waals surface area contributed by atoms with Crippen molar-refractivity contribution in [2.24, 2.45) is 0 Å². The molecule has 190 valence electrons. The Bertz CT molecular complexity index is 1170. The van der Waals surface area contributed by atoms with Crippen LogP contribution in [-0.2, 0) is 26.2 Å². The van der Waals surface area contributed by atoms with Gasteiger partial charge in [0.15, 0.2) is 11.5 Å². The molecule has 0 fully saturated rings. The van der Waals surface area contributed by atoms with Crippen LogP contribution in [0, 0.1) is 0 Å². The summed E-state index contributed by atoms with van der Waals surface area (Å²) in [6, 6.07) is 10.9. The lowest BCUT2D eigenvalue weighted by molar-refractivity contribution is -0.139. The molecule has 0 saturated carbocycles. The van der Waals surface area contributed by atoms with Gasteiger partial charge < -0.3 is 19.7 Å². The molecular weight excluding hydrogens is 494 g/mol. The van der Waals surface area contributed by atoms with Gasteiger partial charge in [-0.3, -0.25) is 13.9 Å². The summed E-state index contributed by atoms with van der Waals surface area (Å²) in [5.74, 6) is -0.204. The number of benzene rings is 2.